The molecule has 0 atom stereocenters. The minimum atomic E-state index is -4.89. The Morgan fingerprint density at radius 1 is 0.923 bits per heavy atom. The molecular weight excluding hydrogens is 572 g/mol. The van der Waals surface area contributed by atoms with Gasteiger partial charge >= 0.3 is 12.2 Å². The molecule has 208 valence electrons. The van der Waals surface area contributed by atoms with Gasteiger partial charge in [-0.05, 0) is 67.4 Å². The fourth-order valence-corrected chi connectivity index (χ4v) is 6.06. The number of urea groups is 1. The van der Waals surface area contributed by atoms with Crippen LogP contribution in [0.15, 0.2) is 65.6 Å². The molecular formula is C25H20ClF6N3O3S. The van der Waals surface area contributed by atoms with Crippen molar-refractivity contribution in [2.45, 2.75) is 30.0 Å². The lowest BCUT2D eigenvalue weighted by Gasteiger charge is -2.39. The number of carbonyl (C=O) groups is 1. The van der Waals surface area contributed by atoms with Gasteiger partial charge in [-0.15, -0.1) is 0 Å². The lowest BCUT2D eigenvalue weighted by atomic mass is 10.0. The van der Waals surface area contributed by atoms with Crippen molar-refractivity contribution in [3.05, 3.63) is 88.7 Å². The summed E-state index contributed by atoms with van der Waals surface area (Å²) in [6, 6.07) is 7.88. The first-order valence-electron chi connectivity index (χ1n) is 11.4. The molecule has 3 aromatic carbocycles. The van der Waals surface area contributed by atoms with Gasteiger partial charge in [-0.2, -0.15) is 13.2 Å². The zero-order valence-electron chi connectivity index (χ0n) is 19.9. The second kappa shape index (κ2) is 11.0. The molecule has 1 aliphatic rings. The predicted molar refractivity (Wildman–Crippen MR) is 132 cm³/mol. The van der Waals surface area contributed by atoms with E-state index in [2.05, 4.69) is 5.32 Å². The van der Waals surface area contributed by atoms with E-state index in [0.717, 1.165) is 28.6 Å². The summed E-state index contributed by atoms with van der Waals surface area (Å²) >= 11 is 5.86. The maximum atomic E-state index is 14.8. The van der Waals surface area contributed by atoms with Crippen molar-refractivity contribution in [2.75, 3.05) is 22.7 Å². The maximum absolute atomic E-state index is 14.8. The first-order valence-corrected chi connectivity index (χ1v) is 13.3. The molecule has 2 amide bonds. The highest BCUT2D eigenvalue weighted by molar-refractivity contribution is 7.92. The van der Waals surface area contributed by atoms with E-state index in [1.165, 1.54) is 29.2 Å². The van der Waals surface area contributed by atoms with E-state index in [-0.39, 0.29) is 41.5 Å². The summed E-state index contributed by atoms with van der Waals surface area (Å²) in [5, 5.41) is 2.58. The molecule has 0 spiro atoms. The van der Waals surface area contributed by atoms with Gasteiger partial charge in [0.1, 0.15) is 17.5 Å². The zero-order valence-corrected chi connectivity index (χ0v) is 21.4. The summed E-state index contributed by atoms with van der Waals surface area (Å²) in [5.41, 5.74) is -2.19. The Labute approximate surface area is 224 Å². The Balaban J connectivity index is 1.54. The zero-order chi connectivity index (χ0) is 28.5. The van der Waals surface area contributed by atoms with Crippen LogP contribution < -0.4 is 9.62 Å². The SMILES string of the molecule is O=C(Nc1ccc(C(F)(F)F)c(F)c1)N1CCC(N(c2cc(F)ccc2F)S(=O)(=O)c2ccc(Cl)cc2)CC1. The standard InChI is InChI=1S/C25H20ClF6N3O3S/c26-15-1-5-19(6-2-15)39(37,38)35(23-13-16(27)3-8-21(23)28)18-9-11-34(12-10-18)24(36)33-17-4-7-20(22(29)14-17)25(30,31)32/h1-8,13-14,18H,9-12H2,(H,33,36). The molecule has 0 aliphatic carbocycles. The van der Waals surface area contributed by atoms with Crippen LogP contribution in [0.2, 0.25) is 5.02 Å². The highest BCUT2D eigenvalue weighted by Gasteiger charge is 2.37. The number of anilines is 2. The third kappa shape index (κ3) is 6.25. The number of hydrogen-bond donors (Lipinski definition) is 1. The number of likely N-dealkylation sites (tertiary alicyclic amines) is 1. The normalized spacial score (nSPS) is 14.8. The third-order valence-electron chi connectivity index (χ3n) is 6.13. The van der Waals surface area contributed by atoms with Gasteiger partial charge in [-0.25, -0.2) is 26.4 Å². The van der Waals surface area contributed by atoms with Crippen LogP contribution in [0.25, 0.3) is 0 Å². The van der Waals surface area contributed by atoms with Crippen molar-refractivity contribution < 1.29 is 39.6 Å². The van der Waals surface area contributed by atoms with Crippen molar-refractivity contribution in [3.63, 3.8) is 0 Å². The monoisotopic (exact) mass is 591 g/mol. The lowest BCUT2D eigenvalue weighted by molar-refractivity contribution is -0.139. The van der Waals surface area contributed by atoms with Crippen LogP contribution in [0.4, 0.5) is 42.5 Å². The number of alkyl halides is 3. The molecule has 4 rings (SSSR count). The summed E-state index contributed by atoms with van der Waals surface area (Å²) in [6.07, 6.45) is -4.87. The number of carbonyl (C=O) groups excluding carboxylic acids is 1. The van der Waals surface area contributed by atoms with E-state index >= 15 is 0 Å². The van der Waals surface area contributed by atoms with Crippen LogP contribution in [-0.2, 0) is 16.2 Å². The first-order chi connectivity index (χ1) is 18.3. The molecule has 0 bridgehead atoms. The van der Waals surface area contributed by atoms with Crippen molar-refractivity contribution in [1.82, 2.24) is 4.90 Å². The molecule has 0 radical (unpaired) electrons. The topological polar surface area (TPSA) is 69.7 Å². The number of benzene rings is 3. The number of nitrogens with zero attached hydrogens (tertiary/aromatic N) is 2. The van der Waals surface area contributed by atoms with Gasteiger partial charge in [0.2, 0.25) is 0 Å². The largest absolute Gasteiger partial charge is 0.419 e. The molecule has 39 heavy (non-hydrogen) atoms. The van der Waals surface area contributed by atoms with Crippen LogP contribution >= 0.6 is 11.6 Å². The average Bonchev–Trinajstić information content (AvgIpc) is 2.86. The lowest BCUT2D eigenvalue weighted by Crippen LogP contribution is -2.50. The number of rotatable bonds is 5. The Bertz CT molecular complexity index is 1480. The molecule has 3 aromatic rings. The summed E-state index contributed by atoms with van der Waals surface area (Å²) in [6.45, 7) is -0.0770. The van der Waals surface area contributed by atoms with Crippen LogP contribution in [0.3, 0.4) is 0 Å². The smallest absolute Gasteiger partial charge is 0.324 e. The van der Waals surface area contributed by atoms with E-state index in [9.17, 15) is 39.6 Å². The molecule has 1 aliphatic heterocycles. The van der Waals surface area contributed by atoms with Crippen molar-refractivity contribution >= 4 is 39.0 Å². The van der Waals surface area contributed by atoms with Crippen molar-refractivity contribution in [3.8, 4) is 0 Å². The number of nitrogens with one attached hydrogen (secondary N) is 1. The number of halogens is 7. The maximum Gasteiger partial charge on any atom is 0.419 e. The predicted octanol–water partition coefficient (Wildman–Crippen LogP) is 6.67. The molecule has 0 unspecified atom stereocenters. The second-order valence-electron chi connectivity index (χ2n) is 8.69. The van der Waals surface area contributed by atoms with Gasteiger partial charge in [0, 0.05) is 35.9 Å². The van der Waals surface area contributed by atoms with Crippen molar-refractivity contribution in [2.24, 2.45) is 0 Å². The molecule has 1 heterocycles. The van der Waals surface area contributed by atoms with E-state index in [4.69, 9.17) is 11.6 Å². The fraction of sp³-hybridized carbons (Fsp3) is 0.240. The molecule has 1 saturated heterocycles. The minimum absolute atomic E-state index is 0.0115. The molecule has 14 heteroatoms. The van der Waals surface area contributed by atoms with Gasteiger partial charge in [0.25, 0.3) is 10.0 Å². The number of sulfonamides is 1. The fourth-order valence-electron chi connectivity index (χ4n) is 4.23. The van der Waals surface area contributed by atoms with Gasteiger partial charge in [-0.3, -0.25) is 4.31 Å². The Morgan fingerprint density at radius 3 is 2.15 bits per heavy atom. The molecule has 1 fully saturated rings. The van der Waals surface area contributed by atoms with Crippen LogP contribution in [0, 0.1) is 17.5 Å². The first kappa shape index (κ1) is 28.6. The second-order valence-corrected chi connectivity index (χ2v) is 10.9. The Morgan fingerprint density at radius 2 is 1.56 bits per heavy atom. The molecule has 1 N–H and O–H groups in total. The minimum Gasteiger partial charge on any atom is -0.324 e. The van der Waals surface area contributed by atoms with Crippen LogP contribution in [0.5, 0.6) is 0 Å². The molecule has 0 aromatic heterocycles. The summed E-state index contributed by atoms with van der Waals surface area (Å²) in [7, 11) is -4.40. The van der Waals surface area contributed by atoms with E-state index < -0.39 is 57.0 Å². The Kier molecular flexibility index (Phi) is 8.03. The number of piperidine rings is 1. The quantitative estimate of drug-likeness (QED) is 0.337. The van der Waals surface area contributed by atoms with Crippen LogP contribution in [0.1, 0.15) is 18.4 Å². The van der Waals surface area contributed by atoms with Crippen molar-refractivity contribution in [1.29, 1.82) is 0 Å². The highest BCUT2D eigenvalue weighted by atomic mass is 35.5. The van der Waals surface area contributed by atoms with Gasteiger partial charge < -0.3 is 10.2 Å². The molecule has 0 saturated carbocycles. The Hall–Kier alpha value is -3.45. The number of amides is 2. The summed E-state index contributed by atoms with van der Waals surface area (Å²) in [5.74, 6) is -3.39. The van der Waals surface area contributed by atoms with Gasteiger partial charge in [0.05, 0.1) is 16.1 Å². The third-order valence-corrected chi connectivity index (χ3v) is 8.26. The van der Waals surface area contributed by atoms with Gasteiger partial charge in [0.15, 0.2) is 0 Å². The average molecular weight is 592 g/mol. The van der Waals surface area contributed by atoms with E-state index in [1.54, 1.807) is 0 Å². The van der Waals surface area contributed by atoms with E-state index in [1.807, 2.05) is 0 Å². The van der Waals surface area contributed by atoms with Gasteiger partial charge in [-0.1, -0.05) is 11.6 Å². The summed E-state index contributed by atoms with van der Waals surface area (Å²) < 4.78 is 109. The van der Waals surface area contributed by atoms with E-state index in [0.29, 0.717) is 12.1 Å². The molecule has 6 nitrogen and oxygen atoms in total. The highest BCUT2D eigenvalue weighted by Crippen LogP contribution is 2.34. The van der Waals surface area contributed by atoms with Crippen LogP contribution in [-0.4, -0.2) is 38.5 Å². The number of hydrogen-bond acceptors (Lipinski definition) is 3. The summed E-state index contributed by atoms with van der Waals surface area (Å²) in [4.78, 5) is 13.7.